The zero-order valence-corrected chi connectivity index (χ0v) is 13.0. The van der Waals surface area contributed by atoms with Crippen molar-refractivity contribution in [3.05, 3.63) is 11.5 Å². The number of carbonyl (C=O) groups is 1. The molecule has 116 valence electrons. The minimum Gasteiger partial charge on any atom is -0.483 e. The molecule has 0 saturated carbocycles. The van der Waals surface area contributed by atoms with Gasteiger partial charge in [-0.2, -0.15) is 4.98 Å². The summed E-state index contributed by atoms with van der Waals surface area (Å²) in [7, 11) is 3.90. The second-order valence-corrected chi connectivity index (χ2v) is 5.48. The Morgan fingerprint density at radius 3 is 2.67 bits per heavy atom. The van der Waals surface area contributed by atoms with Crippen LogP contribution in [-0.4, -0.2) is 61.2 Å². The molecule has 1 aromatic rings. The third-order valence-electron chi connectivity index (χ3n) is 3.00. The average molecular weight is 294 g/mol. The van der Waals surface area contributed by atoms with E-state index in [1.54, 1.807) is 0 Å². The van der Waals surface area contributed by atoms with E-state index in [0.29, 0.717) is 37.2 Å². The number of aromatic nitrogens is 2. The molecule has 0 unspecified atom stereocenters. The Hall–Kier alpha value is -1.89. The summed E-state index contributed by atoms with van der Waals surface area (Å²) in [5, 5.41) is 2.84. The number of fused-ring (bicyclic) bond motifs is 1. The Morgan fingerprint density at radius 1 is 1.29 bits per heavy atom. The summed E-state index contributed by atoms with van der Waals surface area (Å²) in [6, 6.07) is 0. The number of nitrogens with one attached hydrogen (secondary N) is 1. The van der Waals surface area contributed by atoms with Gasteiger partial charge in [0, 0.05) is 19.0 Å². The Labute approximate surface area is 124 Å². The van der Waals surface area contributed by atoms with Crippen molar-refractivity contribution in [3.8, 4) is 11.6 Å². The third kappa shape index (κ3) is 3.81. The summed E-state index contributed by atoms with van der Waals surface area (Å²) in [4.78, 5) is 23.0. The molecule has 0 bridgehead atoms. The van der Waals surface area contributed by atoms with E-state index >= 15 is 0 Å². The summed E-state index contributed by atoms with van der Waals surface area (Å²) in [6.45, 7) is 6.08. The lowest BCUT2D eigenvalue weighted by Gasteiger charge is -2.21. The summed E-state index contributed by atoms with van der Waals surface area (Å²) in [6.07, 6.45) is 0. The number of nitrogens with zero attached hydrogens (tertiary/aromatic N) is 3. The van der Waals surface area contributed by atoms with Crippen molar-refractivity contribution in [2.45, 2.75) is 19.8 Å². The Bertz CT molecular complexity index is 517. The molecule has 0 aliphatic carbocycles. The molecule has 1 amide bonds. The van der Waals surface area contributed by atoms with Crippen LogP contribution in [0.1, 0.15) is 36.1 Å². The second kappa shape index (κ2) is 6.71. The number of amides is 1. The molecule has 7 heteroatoms. The fourth-order valence-electron chi connectivity index (χ4n) is 1.85. The highest BCUT2D eigenvalue weighted by Crippen LogP contribution is 2.32. The highest BCUT2D eigenvalue weighted by Gasteiger charge is 2.25. The van der Waals surface area contributed by atoms with E-state index in [4.69, 9.17) is 9.47 Å². The first-order valence-electron chi connectivity index (χ1n) is 7.09. The van der Waals surface area contributed by atoms with Gasteiger partial charge in [0.25, 0.3) is 11.8 Å². The van der Waals surface area contributed by atoms with Gasteiger partial charge >= 0.3 is 0 Å². The maximum absolute atomic E-state index is 12.3. The van der Waals surface area contributed by atoms with Gasteiger partial charge in [-0.3, -0.25) is 4.79 Å². The first kappa shape index (κ1) is 15.5. The molecule has 7 nitrogen and oxygen atoms in total. The van der Waals surface area contributed by atoms with Gasteiger partial charge in [-0.25, -0.2) is 4.98 Å². The fraction of sp³-hybridized carbons (Fsp3) is 0.643. The maximum atomic E-state index is 12.3. The van der Waals surface area contributed by atoms with E-state index < -0.39 is 0 Å². The van der Waals surface area contributed by atoms with Gasteiger partial charge in [-0.1, -0.05) is 13.8 Å². The Morgan fingerprint density at radius 2 is 2.00 bits per heavy atom. The zero-order valence-electron chi connectivity index (χ0n) is 13.0. The second-order valence-electron chi connectivity index (χ2n) is 5.48. The molecule has 2 rings (SSSR count). The Kier molecular flexibility index (Phi) is 4.95. The Balaban J connectivity index is 2.23. The molecule has 21 heavy (non-hydrogen) atoms. The number of carbonyl (C=O) groups excluding carboxylic acids is 1. The van der Waals surface area contributed by atoms with Crippen LogP contribution in [0.2, 0.25) is 0 Å². The van der Waals surface area contributed by atoms with Gasteiger partial charge in [0.15, 0.2) is 5.69 Å². The van der Waals surface area contributed by atoms with Crippen LogP contribution in [0.4, 0.5) is 0 Å². The predicted molar refractivity (Wildman–Crippen MR) is 78.0 cm³/mol. The zero-order chi connectivity index (χ0) is 15.4. The van der Waals surface area contributed by atoms with Gasteiger partial charge in [-0.15, -0.1) is 0 Å². The van der Waals surface area contributed by atoms with E-state index in [2.05, 4.69) is 15.3 Å². The lowest BCUT2D eigenvalue weighted by atomic mass is 10.2. The van der Waals surface area contributed by atoms with Crippen LogP contribution in [0.15, 0.2) is 0 Å². The molecule has 1 aliphatic heterocycles. The standard InChI is InChI=1S/C14H22N4O3/c1-9(2)12-16-10(13(19)15-5-6-18(3)4)11-14(17-12)21-8-7-20-11/h9H,5-8H2,1-4H3,(H,15,19). The van der Waals surface area contributed by atoms with Crippen molar-refractivity contribution in [1.82, 2.24) is 20.2 Å². The van der Waals surface area contributed by atoms with E-state index in [9.17, 15) is 4.79 Å². The smallest absolute Gasteiger partial charge is 0.274 e. The van der Waals surface area contributed by atoms with Crippen LogP contribution in [0.3, 0.4) is 0 Å². The molecule has 0 atom stereocenters. The molecule has 0 aromatic carbocycles. The largest absolute Gasteiger partial charge is 0.483 e. The quantitative estimate of drug-likeness (QED) is 0.860. The van der Waals surface area contributed by atoms with Gasteiger partial charge < -0.3 is 19.7 Å². The summed E-state index contributed by atoms with van der Waals surface area (Å²) in [5.74, 6) is 1.12. The molecule has 1 aliphatic rings. The lowest BCUT2D eigenvalue weighted by molar-refractivity contribution is 0.0930. The van der Waals surface area contributed by atoms with Crippen molar-refractivity contribution < 1.29 is 14.3 Å². The molecule has 1 aromatic heterocycles. The minimum absolute atomic E-state index is 0.106. The molecule has 0 fully saturated rings. The molecule has 0 saturated heterocycles. The first-order valence-corrected chi connectivity index (χ1v) is 7.09. The summed E-state index contributed by atoms with van der Waals surface area (Å²) < 4.78 is 11.0. The number of ether oxygens (including phenoxy) is 2. The van der Waals surface area contributed by atoms with Crippen molar-refractivity contribution >= 4 is 5.91 Å². The van der Waals surface area contributed by atoms with Crippen LogP contribution in [0.25, 0.3) is 0 Å². The van der Waals surface area contributed by atoms with Crippen LogP contribution in [0, 0.1) is 0 Å². The SMILES string of the molecule is CC(C)c1nc2c(c(C(=O)NCCN(C)C)n1)OCCO2. The molecule has 0 radical (unpaired) electrons. The van der Waals surface area contributed by atoms with E-state index in [-0.39, 0.29) is 17.5 Å². The third-order valence-corrected chi connectivity index (χ3v) is 3.00. The molecular weight excluding hydrogens is 272 g/mol. The van der Waals surface area contributed by atoms with E-state index in [0.717, 1.165) is 6.54 Å². The molecule has 0 spiro atoms. The summed E-state index contributed by atoms with van der Waals surface area (Å²) >= 11 is 0. The lowest BCUT2D eigenvalue weighted by Crippen LogP contribution is -2.33. The molecule has 2 heterocycles. The topological polar surface area (TPSA) is 76.6 Å². The van der Waals surface area contributed by atoms with Gasteiger partial charge in [0.1, 0.15) is 19.0 Å². The summed E-state index contributed by atoms with van der Waals surface area (Å²) in [5.41, 5.74) is 0.252. The van der Waals surface area contributed by atoms with Gasteiger partial charge in [-0.05, 0) is 14.1 Å². The average Bonchev–Trinajstić information content (AvgIpc) is 2.45. The van der Waals surface area contributed by atoms with Gasteiger partial charge in [0.2, 0.25) is 5.75 Å². The number of hydrogen-bond acceptors (Lipinski definition) is 6. The maximum Gasteiger partial charge on any atom is 0.274 e. The van der Waals surface area contributed by atoms with Crippen molar-refractivity contribution in [2.75, 3.05) is 40.4 Å². The predicted octanol–water partition coefficient (Wildman–Crippen LogP) is 0.663. The normalized spacial score (nSPS) is 13.6. The van der Waals surface area contributed by atoms with Crippen molar-refractivity contribution in [3.63, 3.8) is 0 Å². The monoisotopic (exact) mass is 294 g/mol. The van der Waals surface area contributed by atoms with E-state index in [1.165, 1.54) is 0 Å². The van der Waals surface area contributed by atoms with E-state index in [1.807, 2.05) is 32.8 Å². The fourth-order valence-corrected chi connectivity index (χ4v) is 1.85. The highest BCUT2D eigenvalue weighted by molar-refractivity contribution is 5.95. The minimum atomic E-state index is -0.261. The highest BCUT2D eigenvalue weighted by atomic mass is 16.6. The number of likely N-dealkylation sites (N-methyl/N-ethyl adjacent to an activating group) is 1. The van der Waals surface area contributed by atoms with Crippen LogP contribution >= 0.6 is 0 Å². The molecule has 1 N–H and O–H groups in total. The van der Waals surface area contributed by atoms with Crippen LogP contribution in [-0.2, 0) is 0 Å². The van der Waals surface area contributed by atoms with Gasteiger partial charge in [0.05, 0.1) is 0 Å². The molecular formula is C14H22N4O3. The number of hydrogen-bond donors (Lipinski definition) is 1. The first-order chi connectivity index (χ1) is 9.99. The van der Waals surface area contributed by atoms with Crippen LogP contribution < -0.4 is 14.8 Å². The van der Waals surface area contributed by atoms with Crippen molar-refractivity contribution in [2.24, 2.45) is 0 Å². The number of rotatable bonds is 5. The van der Waals surface area contributed by atoms with Crippen molar-refractivity contribution in [1.29, 1.82) is 0 Å². The van der Waals surface area contributed by atoms with Crippen LogP contribution in [0.5, 0.6) is 11.6 Å².